The summed E-state index contributed by atoms with van der Waals surface area (Å²) in [6.07, 6.45) is 5.22. The third kappa shape index (κ3) is 4.00. The van der Waals surface area contributed by atoms with Gasteiger partial charge in [-0.2, -0.15) is 0 Å². The Labute approximate surface area is 136 Å². The second-order valence-electron chi connectivity index (χ2n) is 5.85. The number of anilines is 3. The number of nitrogen functional groups attached to an aromatic ring is 1. The van der Waals surface area contributed by atoms with Crippen LogP contribution in [0.1, 0.15) is 24.8 Å². The average Bonchev–Trinajstić information content (AvgIpc) is 3.09. The van der Waals surface area contributed by atoms with Crippen molar-refractivity contribution in [3.8, 4) is 0 Å². The first-order chi connectivity index (χ1) is 11.2. The minimum absolute atomic E-state index is 0.0241. The number of hydrogen-bond acceptors (Lipinski definition) is 4. The van der Waals surface area contributed by atoms with Gasteiger partial charge in [0.05, 0.1) is 11.9 Å². The van der Waals surface area contributed by atoms with Gasteiger partial charge >= 0.3 is 0 Å². The first-order valence-electron chi connectivity index (χ1n) is 8.06. The molecule has 5 nitrogen and oxygen atoms in total. The molecule has 1 aliphatic rings. The predicted octanol–water partition coefficient (Wildman–Crippen LogP) is 2.84. The van der Waals surface area contributed by atoms with Crippen molar-refractivity contribution in [1.82, 2.24) is 4.98 Å². The first-order valence-corrected chi connectivity index (χ1v) is 8.06. The Bertz CT molecular complexity index is 663. The molecular weight excluding hydrogens is 288 g/mol. The Hall–Kier alpha value is -2.56. The maximum atomic E-state index is 12.0. The van der Waals surface area contributed by atoms with Crippen LogP contribution in [0.15, 0.2) is 42.6 Å². The number of aromatic nitrogens is 1. The summed E-state index contributed by atoms with van der Waals surface area (Å²) in [5, 5.41) is 2.89. The highest BCUT2D eigenvalue weighted by molar-refractivity contribution is 5.90. The summed E-state index contributed by atoms with van der Waals surface area (Å²) in [5.74, 6) is 0.960. The maximum absolute atomic E-state index is 12.0. The zero-order valence-corrected chi connectivity index (χ0v) is 13.2. The van der Waals surface area contributed by atoms with Crippen LogP contribution >= 0.6 is 0 Å². The number of carbonyl (C=O) groups is 1. The van der Waals surface area contributed by atoms with E-state index in [4.69, 9.17) is 5.73 Å². The van der Waals surface area contributed by atoms with Crippen molar-refractivity contribution in [3.63, 3.8) is 0 Å². The Morgan fingerprint density at radius 3 is 2.65 bits per heavy atom. The van der Waals surface area contributed by atoms with Gasteiger partial charge in [0.2, 0.25) is 5.91 Å². The fourth-order valence-electron chi connectivity index (χ4n) is 2.83. The van der Waals surface area contributed by atoms with Gasteiger partial charge < -0.3 is 16.0 Å². The number of carbonyl (C=O) groups excluding carboxylic acids is 1. The Morgan fingerprint density at radius 1 is 1.17 bits per heavy atom. The van der Waals surface area contributed by atoms with Gasteiger partial charge in [-0.3, -0.25) is 4.79 Å². The third-order valence-electron chi connectivity index (χ3n) is 4.14. The summed E-state index contributed by atoms with van der Waals surface area (Å²) in [5.41, 5.74) is 8.36. The van der Waals surface area contributed by atoms with Gasteiger partial charge in [0.1, 0.15) is 5.82 Å². The molecule has 2 aromatic rings. The Balaban J connectivity index is 1.52. The fourth-order valence-corrected chi connectivity index (χ4v) is 2.83. The summed E-state index contributed by atoms with van der Waals surface area (Å²) in [4.78, 5) is 18.8. The van der Waals surface area contributed by atoms with E-state index >= 15 is 0 Å². The molecule has 0 unspecified atom stereocenters. The van der Waals surface area contributed by atoms with Gasteiger partial charge in [0.25, 0.3) is 0 Å². The molecule has 1 fully saturated rings. The summed E-state index contributed by atoms with van der Waals surface area (Å²) >= 11 is 0. The van der Waals surface area contributed by atoms with Crippen molar-refractivity contribution >= 4 is 23.1 Å². The molecule has 0 spiro atoms. The third-order valence-corrected chi connectivity index (χ3v) is 4.14. The van der Waals surface area contributed by atoms with Gasteiger partial charge in [-0.15, -0.1) is 0 Å². The number of nitrogens with two attached hydrogens (primary N) is 1. The molecule has 120 valence electrons. The monoisotopic (exact) mass is 310 g/mol. The van der Waals surface area contributed by atoms with Crippen molar-refractivity contribution in [1.29, 1.82) is 0 Å². The van der Waals surface area contributed by atoms with Gasteiger partial charge in [-0.1, -0.05) is 18.2 Å². The molecule has 1 saturated heterocycles. The van der Waals surface area contributed by atoms with E-state index in [1.54, 1.807) is 6.20 Å². The van der Waals surface area contributed by atoms with Crippen LogP contribution in [0.3, 0.4) is 0 Å². The maximum Gasteiger partial charge on any atom is 0.224 e. The molecule has 0 aliphatic carbocycles. The molecule has 0 atom stereocenters. The summed E-state index contributed by atoms with van der Waals surface area (Å²) in [7, 11) is 0. The number of nitrogens with one attached hydrogen (secondary N) is 1. The highest BCUT2D eigenvalue weighted by Crippen LogP contribution is 2.19. The van der Waals surface area contributed by atoms with Crippen LogP contribution in [-0.4, -0.2) is 24.0 Å². The Kier molecular flexibility index (Phi) is 4.76. The highest BCUT2D eigenvalue weighted by atomic mass is 16.1. The van der Waals surface area contributed by atoms with E-state index in [1.807, 2.05) is 36.4 Å². The number of aryl methyl sites for hydroxylation is 1. The normalized spacial score (nSPS) is 14.0. The molecule has 0 radical (unpaired) electrons. The molecule has 1 aromatic carbocycles. The lowest BCUT2D eigenvalue weighted by atomic mass is 10.1. The first kappa shape index (κ1) is 15.3. The molecule has 3 N–H and O–H groups in total. The van der Waals surface area contributed by atoms with Crippen molar-refractivity contribution < 1.29 is 4.79 Å². The van der Waals surface area contributed by atoms with E-state index in [0.29, 0.717) is 12.8 Å². The summed E-state index contributed by atoms with van der Waals surface area (Å²) in [6.45, 7) is 2.13. The molecule has 1 aliphatic heterocycles. The molecule has 0 saturated carbocycles. The van der Waals surface area contributed by atoms with Crippen LogP contribution in [0.25, 0.3) is 0 Å². The van der Waals surface area contributed by atoms with Crippen molar-refractivity contribution in [2.45, 2.75) is 25.7 Å². The second-order valence-corrected chi connectivity index (χ2v) is 5.85. The lowest BCUT2D eigenvalue weighted by Crippen LogP contribution is -2.19. The highest BCUT2D eigenvalue weighted by Gasteiger charge is 2.13. The lowest BCUT2D eigenvalue weighted by Gasteiger charge is -2.16. The van der Waals surface area contributed by atoms with Gasteiger partial charge in [-0.05, 0) is 43.0 Å². The van der Waals surface area contributed by atoms with Crippen LogP contribution in [-0.2, 0) is 11.2 Å². The zero-order valence-electron chi connectivity index (χ0n) is 13.2. The predicted molar refractivity (Wildman–Crippen MR) is 93.5 cm³/mol. The molecule has 1 aromatic heterocycles. The second kappa shape index (κ2) is 7.13. The van der Waals surface area contributed by atoms with Crippen LogP contribution in [0.5, 0.6) is 0 Å². The molecule has 23 heavy (non-hydrogen) atoms. The lowest BCUT2D eigenvalue weighted by molar-refractivity contribution is -0.116. The minimum Gasteiger partial charge on any atom is -0.399 e. The molecule has 3 rings (SSSR count). The van der Waals surface area contributed by atoms with E-state index in [-0.39, 0.29) is 5.91 Å². The van der Waals surface area contributed by atoms with Crippen LogP contribution < -0.4 is 16.0 Å². The SMILES string of the molecule is Nc1ccccc1CCC(=O)Nc1ccc(N2CCCC2)nc1. The van der Waals surface area contributed by atoms with E-state index in [9.17, 15) is 4.79 Å². The number of nitrogens with zero attached hydrogens (tertiary/aromatic N) is 2. The fraction of sp³-hybridized carbons (Fsp3) is 0.333. The van der Waals surface area contributed by atoms with Gasteiger partial charge in [0.15, 0.2) is 0 Å². The molecular formula is C18H22N4O. The van der Waals surface area contributed by atoms with Crippen molar-refractivity contribution in [2.24, 2.45) is 0 Å². The number of amides is 1. The smallest absolute Gasteiger partial charge is 0.224 e. The van der Waals surface area contributed by atoms with E-state index in [1.165, 1.54) is 12.8 Å². The Morgan fingerprint density at radius 2 is 1.96 bits per heavy atom. The standard InChI is InChI=1S/C18H22N4O/c19-16-6-2-1-5-14(16)7-10-18(23)21-15-8-9-17(20-13-15)22-11-3-4-12-22/h1-2,5-6,8-9,13H,3-4,7,10-12,19H2,(H,21,23). The molecule has 2 heterocycles. The summed E-state index contributed by atoms with van der Waals surface area (Å²) in [6, 6.07) is 11.5. The topological polar surface area (TPSA) is 71.2 Å². The van der Waals surface area contributed by atoms with Crippen molar-refractivity contribution in [2.75, 3.05) is 29.0 Å². The van der Waals surface area contributed by atoms with Gasteiger partial charge in [-0.25, -0.2) is 4.98 Å². The van der Waals surface area contributed by atoms with E-state index < -0.39 is 0 Å². The summed E-state index contributed by atoms with van der Waals surface area (Å²) < 4.78 is 0. The van der Waals surface area contributed by atoms with E-state index in [2.05, 4.69) is 15.2 Å². The number of pyridine rings is 1. The van der Waals surface area contributed by atoms with Crippen molar-refractivity contribution in [3.05, 3.63) is 48.2 Å². The quantitative estimate of drug-likeness (QED) is 0.833. The number of rotatable bonds is 5. The van der Waals surface area contributed by atoms with Crippen LogP contribution in [0.2, 0.25) is 0 Å². The van der Waals surface area contributed by atoms with Crippen LogP contribution in [0.4, 0.5) is 17.2 Å². The van der Waals surface area contributed by atoms with Gasteiger partial charge in [0, 0.05) is 25.2 Å². The number of benzene rings is 1. The zero-order chi connectivity index (χ0) is 16.1. The molecule has 5 heteroatoms. The minimum atomic E-state index is -0.0241. The van der Waals surface area contributed by atoms with Crippen LogP contribution in [0, 0.1) is 0 Å². The number of para-hydroxylation sites is 1. The largest absolute Gasteiger partial charge is 0.399 e. The molecule has 1 amide bonds. The molecule has 0 bridgehead atoms. The van der Waals surface area contributed by atoms with E-state index in [0.717, 1.165) is 35.8 Å². The number of hydrogen-bond donors (Lipinski definition) is 2. The average molecular weight is 310 g/mol.